The van der Waals surface area contributed by atoms with E-state index in [0.29, 0.717) is 22.8 Å². The SMILES string of the molecule is COc1cccc(Cl)c1CC(=O)N[C@H]1CCC[C@@H](C(N)=O)C1. The van der Waals surface area contributed by atoms with Gasteiger partial charge in [0.05, 0.1) is 13.5 Å². The zero-order valence-corrected chi connectivity index (χ0v) is 13.4. The highest BCUT2D eigenvalue weighted by Gasteiger charge is 2.26. The molecule has 6 heteroatoms. The van der Waals surface area contributed by atoms with Crippen molar-refractivity contribution in [2.75, 3.05) is 7.11 Å². The molecule has 2 amide bonds. The van der Waals surface area contributed by atoms with Gasteiger partial charge in [0.25, 0.3) is 0 Å². The van der Waals surface area contributed by atoms with E-state index in [1.807, 2.05) is 0 Å². The molecule has 1 aromatic rings. The van der Waals surface area contributed by atoms with E-state index in [1.54, 1.807) is 25.3 Å². The van der Waals surface area contributed by atoms with Crippen LogP contribution >= 0.6 is 11.6 Å². The van der Waals surface area contributed by atoms with Gasteiger partial charge in [-0.1, -0.05) is 24.1 Å². The lowest BCUT2D eigenvalue weighted by Gasteiger charge is -2.28. The molecule has 0 aromatic heterocycles. The van der Waals surface area contributed by atoms with Crippen molar-refractivity contribution < 1.29 is 14.3 Å². The van der Waals surface area contributed by atoms with Crippen molar-refractivity contribution in [3.63, 3.8) is 0 Å². The van der Waals surface area contributed by atoms with Crippen molar-refractivity contribution in [3.8, 4) is 5.75 Å². The van der Waals surface area contributed by atoms with E-state index >= 15 is 0 Å². The minimum Gasteiger partial charge on any atom is -0.496 e. The Kier molecular flexibility index (Phi) is 5.66. The summed E-state index contributed by atoms with van der Waals surface area (Å²) in [5.41, 5.74) is 6.03. The maximum absolute atomic E-state index is 12.2. The van der Waals surface area contributed by atoms with Gasteiger partial charge >= 0.3 is 0 Å². The van der Waals surface area contributed by atoms with Crippen molar-refractivity contribution in [1.29, 1.82) is 0 Å². The average molecular weight is 325 g/mol. The molecule has 1 saturated carbocycles. The molecule has 0 bridgehead atoms. The predicted octanol–water partition coefficient (Wildman–Crippen LogP) is 2.05. The average Bonchev–Trinajstić information content (AvgIpc) is 2.49. The second-order valence-corrected chi connectivity index (χ2v) is 6.03. The minimum atomic E-state index is -0.285. The Morgan fingerprint density at radius 3 is 2.86 bits per heavy atom. The number of amides is 2. The Morgan fingerprint density at radius 1 is 1.41 bits per heavy atom. The molecule has 1 fully saturated rings. The lowest BCUT2D eigenvalue weighted by atomic mass is 9.85. The minimum absolute atomic E-state index is 0.00719. The molecular weight excluding hydrogens is 304 g/mol. The van der Waals surface area contributed by atoms with Crippen molar-refractivity contribution in [1.82, 2.24) is 5.32 Å². The van der Waals surface area contributed by atoms with Crippen LogP contribution in [0.15, 0.2) is 18.2 Å². The van der Waals surface area contributed by atoms with Gasteiger partial charge < -0.3 is 15.8 Å². The molecule has 22 heavy (non-hydrogen) atoms. The third-order valence-electron chi connectivity index (χ3n) is 4.07. The molecule has 0 radical (unpaired) electrons. The maximum Gasteiger partial charge on any atom is 0.224 e. The van der Waals surface area contributed by atoms with Crippen LogP contribution in [-0.4, -0.2) is 25.0 Å². The smallest absolute Gasteiger partial charge is 0.224 e. The third kappa shape index (κ3) is 4.13. The molecule has 5 nitrogen and oxygen atoms in total. The fourth-order valence-corrected chi connectivity index (χ4v) is 3.15. The summed E-state index contributed by atoms with van der Waals surface area (Å²) in [4.78, 5) is 23.5. The van der Waals surface area contributed by atoms with Crippen LogP contribution in [-0.2, 0) is 16.0 Å². The quantitative estimate of drug-likeness (QED) is 0.869. The summed E-state index contributed by atoms with van der Waals surface area (Å²) in [7, 11) is 1.55. The highest BCUT2D eigenvalue weighted by Crippen LogP contribution is 2.27. The van der Waals surface area contributed by atoms with Crippen LogP contribution in [0, 0.1) is 5.92 Å². The molecule has 0 aliphatic heterocycles. The van der Waals surface area contributed by atoms with Crippen LogP contribution in [0.5, 0.6) is 5.75 Å². The molecule has 2 rings (SSSR count). The Hall–Kier alpha value is -1.75. The van der Waals surface area contributed by atoms with E-state index in [9.17, 15) is 9.59 Å². The molecule has 120 valence electrons. The Bertz CT molecular complexity index is 562. The van der Waals surface area contributed by atoms with Crippen molar-refractivity contribution in [2.24, 2.45) is 11.7 Å². The molecule has 0 heterocycles. The second-order valence-electron chi connectivity index (χ2n) is 5.63. The fraction of sp³-hybridized carbons (Fsp3) is 0.500. The van der Waals surface area contributed by atoms with Crippen molar-refractivity contribution >= 4 is 23.4 Å². The normalized spacial score (nSPS) is 21.2. The maximum atomic E-state index is 12.2. The highest BCUT2D eigenvalue weighted by molar-refractivity contribution is 6.31. The molecule has 0 saturated heterocycles. The number of benzene rings is 1. The highest BCUT2D eigenvalue weighted by atomic mass is 35.5. The van der Waals surface area contributed by atoms with E-state index in [2.05, 4.69) is 5.32 Å². The zero-order chi connectivity index (χ0) is 16.1. The summed E-state index contributed by atoms with van der Waals surface area (Å²) in [6.45, 7) is 0. The van der Waals surface area contributed by atoms with Crippen LogP contribution in [0.2, 0.25) is 5.02 Å². The van der Waals surface area contributed by atoms with Gasteiger partial charge in [0, 0.05) is 22.5 Å². The predicted molar refractivity (Wildman–Crippen MR) is 84.8 cm³/mol. The van der Waals surface area contributed by atoms with Crippen LogP contribution < -0.4 is 15.8 Å². The van der Waals surface area contributed by atoms with Crippen LogP contribution in [0.3, 0.4) is 0 Å². The number of methoxy groups -OCH3 is 1. The van der Waals surface area contributed by atoms with E-state index in [-0.39, 0.29) is 30.2 Å². The summed E-state index contributed by atoms with van der Waals surface area (Å²) in [6, 6.07) is 5.28. The Balaban J connectivity index is 1.97. The summed E-state index contributed by atoms with van der Waals surface area (Å²) >= 11 is 6.14. The van der Waals surface area contributed by atoms with Gasteiger partial charge in [-0.2, -0.15) is 0 Å². The number of rotatable bonds is 5. The number of hydrogen-bond donors (Lipinski definition) is 2. The van der Waals surface area contributed by atoms with E-state index < -0.39 is 0 Å². The molecule has 1 aliphatic carbocycles. The number of ether oxygens (including phenoxy) is 1. The Labute approximate surface area is 135 Å². The van der Waals surface area contributed by atoms with E-state index in [4.69, 9.17) is 22.1 Å². The molecule has 1 aliphatic rings. The first kappa shape index (κ1) is 16.6. The van der Waals surface area contributed by atoms with Crippen LogP contribution in [0.25, 0.3) is 0 Å². The summed E-state index contributed by atoms with van der Waals surface area (Å²) in [6.07, 6.45) is 3.34. The number of carbonyl (C=O) groups is 2. The molecule has 0 spiro atoms. The summed E-state index contributed by atoms with van der Waals surface area (Å²) < 4.78 is 5.24. The molecule has 1 aromatic carbocycles. The summed E-state index contributed by atoms with van der Waals surface area (Å²) in [5.74, 6) is 0.0449. The monoisotopic (exact) mass is 324 g/mol. The van der Waals surface area contributed by atoms with Gasteiger partial charge in [-0.25, -0.2) is 0 Å². The number of hydrogen-bond acceptors (Lipinski definition) is 3. The fourth-order valence-electron chi connectivity index (χ4n) is 2.92. The van der Waals surface area contributed by atoms with Gasteiger partial charge in [0.2, 0.25) is 11.8 Å². The first-order chi connectivity index (χ1) is 10.5. The van der Waals surface area contributed by atoms with Crippen LogP contribution in [0.1, 0.15) is 31.2 Å². The first-order valence-corrected chi connectivity index (χ1v) is 7.79. The third-order valence-corrected chi connectivity index (χ3v) is 4.43. The van der Waals surface area contributed by atoms with Gasteiger partial charge in [0.1, 0.15) is 5.75 Å². The summed E-state index contributed by atoms with van der Waals surface area (Å²) in [5, 5.41) is 3.48. The number of nitrogens with one attached hydrogen (secondary N) is 1. The zero-order valence-electron chi connectivity index (χ0n) is 12.6. The van der Waals surface area contributed by atoms with Crippen LogP contribution in [0.4, 0.5) is 0 Å². The van der Waals surface area contributed by atoms with Gasteiger partial charge in [-0.05, 0) is 31.4 Å². The lowest BCUT2D eigenvalue weighted by Crippen LogP contribution is -2.41. The van der Waals surface area contributed by atoms with Gasteiger partial charge in [-0.15, -0.1) is 0 Å². The molecular formula is C16H21ClN2O3. The number of primary amides is 1. The second kappa shape index (κ2) is 7.49. The molecule has 2 atom stereocenters. The van der Waals surface area contributed by atoms with E-state index in [1.165, 1.54) is 0 Å². The largest absolute Gasteiger partial charge is 0.496 e. The molecule has 0 unspecified atom stereocenters. The van der Waals surface area contributed by atoms with E-state index in [0.717, 1.165) is 19.3 Å². The standard InChI is InChI=1S/C16H21ClN2O3/c1-22-14-7-3-6-13(17)12(14)9-15(20)19-11-5-2-4-10(8-11)16(18)21/h3,6-7,10-11H,2,4-5,8-9H2,1H3,(H2,18,21)(H,19,20)/t10-,11+/m1/s1. The van der Waals surface area contributed by atoms with Crippen molar-refractivity contribution in [3.05, 3.63) is 28.8 Å². The number of nitrogens with two attached hydrogens (primary N) is 1. The molecule has 3 N–H and O–H groups in total. The Morgan fingerprint density at radius 2 is 2.18 bits per heavy atom. The van der Waals surface area contributed by atoms with Gasteiger partial charge in [0.15, 0.2) is 0 Å². The lowest BCUT2D eigenvalue weighted by molar-refractivity contribution is -0.125. The topological polar surface area (TPSA) is 81.4 Å². The number of halogens is 1. The van der Waals surface area contributed by atoms with Gasteiger partial charge in [-0.3, -0.25) is 9.59 Å². The van der Waals surface area contributed by atoms with Crippen molar-refractivity contribution in [2.45, 2.75) is 38.1 Å². The number of carbonyl (C=O) groups excluding carboxylic acids is 2. The first-order valence-electron chi connectivity index (χ1n) is 7.41.